The Labute approximate surface area is 87.5 Å². The summed E-state index contributed by atoms with van der Waals surface area (Å²) in [5.74, 6) is 0.0789. The Morgan fingerprint density at radius 3 is 3.00 bits per heavy atom. The van der Waals surface area contributed by atoms with Crippen LogP contribution in [-0.4, -0.2) is 16.7 Å². The summed E-state index contributed by atoms with van der Waals surface area (Å²) < 4.78 is 0. The largest absolute Gasteiger partial charge is 0.396 e. The SMILES string of the molecule is CC(CO)c1cc2[nH]ccc2cc1Cl. The maximum absolute atomic E-state index is 9.07. The van der Waals surface area contributed by atoms with Gasteiger partial charge in [0.15, 0.2) is 0 Å². The minimum Gasteiger partial charge on any atom is -0.396 e. The number of halogens is 1. The van der Waals surface area contributed by atoms with E-state index in [4.69, 9.17) is 16.7 Å². The quantitative estimate of drug-likeness (QED) is 0.784. The van der Waals surface area contributed by atoms with E-state index in [1.54, 1.807) is 0 Å². The lowest BCUT2D eigenvalue weighted by Gasteiger charge is -2.10. The Bertz CT molecular complexity index is 449. The van der Waals surface area contributed by atoms with Crippen molar-refractivity contribution in [3.63, 3.8) is 0 Å². The first kappa shape index (κ1) is 9.56. The summed E-state index contributed by atoms with van der Waals surface area (Å²) in [5.41, 5.74) is 2.05. The molecule has 1 unspecified atom stereocenters. The number of aliphatic hydroxyl groups excluding tert-OH is 1. The third-order valence-electron chi connectivity index (χ3n) is 2.48. The fraction of sp³-hybridized carbons (Fsp3) is 0.273. The molecule has 0 aliphatic rings. The van der Waals surface area contributed by atoms with E-state index in [-0.39, 0.29) is 12.5 Å². The smallest absolute Gasteiger partial charge is 0.0497 e. The third kappa shape index (κ3) is 1.51. The van der Waals surface area contributed by atoms with Gasteiger partial charge in [-0.15, -0.1) is 0 Å². The molecule has 0 amide bonds. The van der Waals surface area contributed by atoms with Gasteiger partial charge < -0.3 is 10.1 Å². The van der Waals surface area contributed by atoms with E-state index < -0.39 is 0 Å². The van der Waals surface area contributed by atoms with E-state index in [9.17, 15) is 0 Å². The fourth-order valence-electron chi connectivity index (χ4n) is 1.57. The number of benzene rings is 1. The van der Waals surface area contributed by atoms with E-state index in [1.165, 1.54) is 0 Å². The van der Waals surface area contributed by atoms with Crippen LogP contribution in [-0.2, 0) is 0 Å². The highest BCUT2D eigenvalue weighted by atomic mass is 35.5. The second-order valence-corrected chi connectivity index (χ2v) is 3.93. The zero-order valence-electron chi connectivity index (χ0n) is 7.92. The summed E-state index contributed by atoms with van der Waals surface area (Å²) in [7, 11) is 0. The molecular formula is C11H12ClNO. The van der Waals surface area contributed by atoms with Gasteiger partial charge in [-0.25, -0.2) is 0 Å². The van der Waals surface area contributed by atoms with Crippen molar-refractivity contribution in [2.45, 2.75) is 12.8 Å². The van der Waals surface area contributed by atoms with Gasteiger partial charge in [0, 0.05) is 34.6 Å². The van der Waals surface area contributed by atoms with E-state index in [1.807, 2.05) is 31.3 Å². The number of nitrogens with one attached hydrogen (secondary N) is 1. The van der Waals surface area contributed by atoms with Gasteiger partial charge in [0.05, 0.1) is 0 Å². The van der Waals surface area contributed by atoms with E-state index in [2.05, 4.69) is 4.98 Å². The average molecular weight is 210 g/mol. The minimum atomic E-state index is 0.0789. The molecule has 2 N–H and O–H groups in total. The van der Waals surface area contributed by atoms with Crippen molar-refractivity contribution < 1.29 is 5.11 Å². The fourth-order valence-corrected chi connectivity index (χ4v) is 1.92. The highest BCUT2D eigenvalue weighted by molar-refractivity contribution is 6.32. The van der Waals surface area contributed by atoms with Gasteiger partial charge in [0.1, 0.15) is 0 Å². The highest BCUT2D eigenvalue weighted by Gasteiger charge is 2.10. The van der Waals surface area contributed by atoms with Gasteiger partial charge in [0.25, 0.3) is 0 Å². The zero-order chi connectivity index (χ0) is 10.1. The predicted octanol–water partition coefficient (Wildman–Crippen LogP) is 2.92. The first-order valence-corrected chi connectivity index (χ1v) is 4.97. The van der Waals surface area contributed by atoms with Crippen LogP contribution in [0.3, 0.4) is 0 Å². The lowest BCUT2D eigenvalue weighted by molar-refractivity contribution is 0.273. The third-order valence-corrected chi connectivity index (χ3v) is 2.80. The molecule has 2 nitrogen and oxygen atoms in total. The van der Waals surface area contributed by atoms with Crippen molar-refractivity contribution in [2.75, 3.05) is 6.61 Å². The molecule has 0 spiro atoms. The normalized spacial score (nSPS) is 13.4. The predicted molar refractivity (Wildman–Crippen MR) is 58.8 cm³/mol. The molecule has 1 aromatic carbocycles. The van der Waals surface area contributed by atoms with Gasteiger partial charge >= 0.3 is 0 Å². The molecular weight excluding hydrogens is 198 g/mol. The number of hydrogen-bond acceptors (Lipinski definition) is 1. The van der Waals surface area contributed by atoms with Crippen molar-refractivity contribution in [1.29, 1.82) is 0 Å². The first-order chi connectivity index (χ1) is 6.72. The van der Waals surface area contributed by atoms with Gasteiger partial charge in [-0.2, -0.15) is 0 Å². The molecule has 1 atom stereocenters. The Morgan fingerprint density at radius 2 is 2.29 bits per heavy atom. The maximum Gasteiger partial charge on any atom is 0.0497 e. The van der Waals surface area contributed by atoms with E-state index in [0.717, 1.165) is 21.5 Å². The van der Waals surface area contributed by atoms with Crippen LogP contribution in [0.5, 0.6) is 0 Å². The number of rotatable bonds is 2. The Balaban J connectivity index is 2.58. The monoisotopic (exact) mass is 209 g/mol. The summed E-state index contributed by atoms with van der Waals surface area (Å²) in [6.45, 7) is 2.07. The molecule has 0 saturated carbocycles. The van der Waals surface area contributed by atoms with Crippen LogP contribution in [0.4, 0.5) is 0 Å². The summed E-state index contributed by atoms with van der Waals surface area (Å²) >= 11 is 6.11. The summed E-state index contributed by atoms with van der Waals surface area (Å²) in [6.07, 6.45) is 1.88. The second kappa shape index (κ2) is 3.64. The maximum atomic E-state index is 9.07. The van der Waals surface area contributed by atoms with Crippen LogP contribution in [0.1, 0.15) is 18.4 Å². The number of hydrogen-bond donors (Lipinski definition) is 2. The van der Waals surface area contributed by atoms with E-state index in [0.29, 0.717) is 0 Å². The van der Waals surface area contributed by atoms with Crippen LogP contribution >= 0.6 is 11.6 Å². The van der Waals surface area contributed by atoms with Crippen LogP contribution < -0.4 is 0 Å². The molecule has 0 radical (unpaired) electrons. The van der Waals surface area contributed by atoms with Crippen molar-refractivity contribution in [2.24, 2.45) is 0 Å². The number of aliphatic hydroxyl groups is 1. The standard InChI is InChI=1S/C11H12ClNO/c1-7(6-14)9-5-11-8(2-3-13-11)4-10(9)12/h2-5,7,13-14H,6H2,1H3. The lowest BCUT2D eigenvalue weighted by atomic mass is 10.0. The van der Waals surface area contributed by atoms with Crippen molar-refractivity contribution >= 4 is 22.5 Å². The van der Waals surface area contributed by atoms with Crippen molar-refractivity contribution in [1.82, 2.24) is 4.98 Å². The minimum absolute atomic E-state index is 0.0789. The Hall–Kier alpha value is -0.990. The summed E-state index contributed by atoms with van der Waals surface area (Å²) in [4.78, 5) is 3.13. The van der Waals surface area contributed by atoms with Gasteiger partial charge in [-0.05, 0) is 23.8 Å². The number of aromatic nitrogens is 1. The Morgan fingerprint density at radius 1 is 1.50 bits per heavy atom. The molecule has 14 heavy (non-hydrogen) atoms. The number of fused-ring (bicyclic) bond motifs is 1. The zero-order valence-corrected chi connectivity index (χ0v) is 8.67. The molecule has 3 heteroatoms. The summed E-state index contributed by atoms with van der Waals surface area (Å²) in [5, 5.41) is 10.9. The topological polar surface area (TPSA) is 36.0 Å². The molecule has 74 valence electrons. The molecule has 0 fully saturated rings. The van der Waals surface area contributed by atoms with Crippen LogP contribution in [0.2, 0.25) is 5.02 Å². The molecule has 2 rings (SSSR count). The lowest BCUT2D eigenvalue weighted by Crippen LogP contribution is -1.99. The molecule has 0 aliphatic heterocycles. The highest BCUT2D eigenvalue weighted by Crippen LogP contribution is 2.28. The molecule has 1 aromatic heterocycles. The van der Waals surface area contributed by atoms with Gasteiger partial charge in [-0.3, -0.25) is 0 Å². The Kier molecular flexibility index (Phi) is 2.48. The molecule has 1 heterocycles. The summed E-state index contributed by atoms with van der Waals surface area (Å²) in [6, 6.07) is 5.90. The van der Waals surface area contributed by atoms with Crippen LogP contribution in [0.25, 0.3) is 10.9 Å². The van der Waals surface area contributed by atoms with E-state index >= 15 is 0 Å². The molecule has 0 saturated heterocycles. The number of H-pyrrole nitrogens is 1. The molecule has 0 bridgehead atoms. The van der Waals surface area contributed by atoms with Gasteiger partial charge in [-0.1, -0.05) is 18.5 Å². The van der Waals surface area contributed by atoms with Gasteiger partial charge in [0.2, 0.25) is 0 Å². The molecule has 2 aromatic rings. The van der Waals surface area contributed by atoms with Crippen molar-refractivity contribution in [3.05, 3.63) is 35.0 Å². The average Bonchev–Trinajstić information content (AvgIpc) is 2.62. The van der Waals surface area contributed by atoms with Crippen molar-refractivity contribution in [3.8, 4) is 0 Å². The second-order valence-electron chi connectivity index (χ2n) is 3.52. The van der Waals surface area contributed by atoms with Crippen LogP contribution in [0, 0.1) is 0 Å². The molecule has 0 aliphatic carbocycles. The van der Waals surface area contributed by atoms with Crippen LogP contribution in [0.15, 0.2) is 24.4 Å². The first-order valence-electron chi connectivity index (χ1n) is 4.59. The number of aromatic amines is 1.